The molecule has 2 amide bonds. The van der Waals surface area contributed by atoms with Gasteiger partial charge in [0.15, 0.2) is 0 Å². The molecule has 0 spiro atoms. The van der Waals surface area contributed by atoms with Gasteiger partial charge in [0.1, 0.15) is 0 Å². The van der Waals surface area contributed by atoms with Crippen LogP contribution in [0.5, 0.6) is 0 Å². The molecule has 0 aromatic rings. The summed E-state index contributed by atoms with van der Waals surface area (Å²) in [7, 11) is 0. The second-order valence-corrected chi connectivity index (χ2v) is 7.06. The number of rotatable bonds is 1. The van der Waals surface area contributed by atoms with Crippen LogP contribution in [0.2, 0.25) is 0 Å². The van der Waals surface area contributed by atoms with Crippen LogP contribution >= 0.6 is 0 Å². The monoisotopic (exact) mass is 294 g/mol. The highest BCUT2D eigenvalue weighted by atomic mass is 16.4. The van der Waals surface area contributed by atoms with Gasteiger partial charge in [-0.2, -0.15) is 0 Å². The average Bonchev–Trinajstić information content (AvgIpc) is 2.88. The van der Waals surface area contributed by atoms with Gasteiger partial charge >= 0.3 is 12.0 Å². The highest BCUT2D eigenvalue weighted by Gasteiger charge is 2.42. The summed E-state index contributed by atoms with van der Waals surface area (Å²) in [5, 5.41) is 9.23. The molecule has 1 saturated carbocycles. The molecule has 5 nitrogen and oxygen atoms in total. The minimum Gasteiger partial charge on any atom is -0.481 e. The molecule has 0 aromatic heterocycles. The van der Waals surface area contributed by atoms with E-state index in [-0.39, 0.29) is 11.9 Å². The first-order chi connectivity index (χ1) is 10.1. The molecule has 2 saturated heterocycles. The van der Waals surface area contributed by atoms with Gasteiger partial charge in [0, 0.05) is 25.7 Å². The van der Waals surface area contributed by atoms with Crippen LogP contribution in [0.3, 0.4) is 0 Å². The number of carboxylic acids is 1. The standard InChI is InChI=1S/C16H26N2O3/c1-11-9-17(10-13(11)15(19)20)16(21)18-8-4-6-12-5-2-3-7-14(12)18/h11-14H,2-10H2,1H3,(H,19,20). The Kier molecular flexibility index (Phi) is 4.09. The number of nitrogens with zero attached hydrogens (tertiary/aromatic N) is 2. The van der Waals surface area contributed by atoms with E-state index in [1.165, 1.54) is 25.7 Å². The van der Waals surface area contributed by atoms with Crippen LogP contribution in [-0.2, 0) is 4.79 Å². The summed E-state index contributed by atoms with van der Waals surface area (Å²) >= 11 is 0. The summed E-state index contributed by atoms with van der Waals surface area (Å²) in [5.41, 5.74) is 0. The van der Waals surface area contributed by atoms with Crippen LogP contribution < -0.4 is 0 Å². The Morgan fingerprint density at radius 1 is 1.05 bits per heavy atom. The highest BCUT2D eigenvalue weighted by molar-refractivity contribution is 5.78. The number of carboxylic acid groups (broad SMARTS) is 1. The topological polar surface area (TPSA) is 60.9 Å². The van der Waals surface area contributed by atoms with Gasteiger partial charge in [-0.15, -0.1) is 0 Å². The number of urea groups is 1. The van der Waals surface area contributed by atoms with Crippen LogP contribution in [0.1, 0.15) is 45.4 Å². The second kappa shape index (κ2) is 5.85. The first kappa shape index (κ1) is 14.7. The van der Waals surface area contributed by atoms with Gasteiger partial charge in [-0.25, -0.2) is 4.79 Å². The fraction of sp³-hybridized carbons (Fsp3) is 0.875. The van der Waals surface area contributed by atoms with E-state index in [9.17, 15) is 14.7 Å². The van der Waals surface area contributed by atoms with Gasteiger partial charge in [0.25, 0.3) is 0 Å². The number of hydrogen-bond acceptors (Lipinski definition) is 2. The molecule has 4 atom stereocenters. The molecule has 0 radical (unpaired) electrons. The normalized spacial score (nSPS) is 36.4. The Balaban J connectivity index is 1.68. The quantitative estimate of drug-likeness (QED) is 0.808. The number of fused-ring (bicyclic) bond motifs is 1. The van der Waals surface area contributed by atoms with Gasteiger partial charge in [-0.1, -0.05) is 19.8 Å². The zero-order valence-electron chi connectivity index (χ0n) is 12.8. The molecule has 3 rings (SSSR count). The molecular formula is C16H26N2O3. The Hall–Kier alpha value is -1.26. The van der Waals surface area contributed by atoms with Crippen LogP contribution in [0, 0.1) is 17.8 Å². The van der Waals surface area contributed by atoms with E-state index in [0.29, 0.717) is 25.0 Å². The van der Waals surface area contributed by atoms with Crippen molar-refractivity contribution in [1.29, 1.82) is 0 Å². The lowest BCUT2D eigenvalue weighted by molar-refractivity contribution is -0.142. The Morgan fingerprint density at radius 2 is 1.76 bits per heavy atom. The van der Waals surface area contributed by atoms with Crippen molar-refractivity contribution in [3.05, 3.63) is 0 Å². The van der Waals surface area contributed by atoms with Crippen LogP contribution in [0.25, 0.3) is 0 Å². The summed E-state index contributed by atoms with van der Waals surface area (Å²) in [5.74, 6) is -0.446. The SMILES string of the molecule is CC1CN(C(=O)N2CCCC3CCCCC32)CC1C(=O)O. The molecule has 2 aliphatic heterocycles. The zero-order valence-corrected chi connectivity index (χ0v) is 12.8. The predicted octanol–water partition coefficient (Wildman–Crippen LogP) is 2.41. The molecule has 5 heteroatoms. The molecule has 3 aliphatic rings. The Bertz CT molecular complexity index is 424. The summed E-state index contributed by atoms with van der Waals surface area (Å²) in [4.78, 5) is 27.9. The predicted molar refractivity (Wildman–Crippen MR) is 78.9 cm³/mol. The van der Waals surface area contributed by atoms with Crippen LogP contribution in [0.15, 0.2) is 0 Å². The van der Waals surface area contributed by atoms with E-state index in [1.54, 1.807) is 4.90 Å². The second-order valence-electron chi connectivity index (χ2n) is 7.06. The fourth-order valence-electron chi connectivity index (χ4n) is 4.49. The average molecular weight is 294 g/mol. The number of carbonyl (C=O) groups is 2. The summed E-state index contributed by atoms with van der Waals surface area (Å²) in [6.45, 7) is 3.75. The lowest BCUT2D eigenvalue weighted by Gasteiger charge is -2.45. The maximum Gasteiger partial charge on any atom is 0.320 e. The van der Waals surface area contributed by atoms with Gasteiger partial charge in [-0.3, -0.25) is 4.79 Å². The van der Waals surface area contributed by atoms with Crippen LogP contribution in [0.4, 0.5) is 4.79 Å². The van der Waals surface area contributed by atoms with E-state index in [4.69, 9.17) is 0 Å². The minimum absolute atomic E-state index is 0.0541. The molecule has 4 unspecified atom stereocenters. The maximum absolute atomic E-state index is 12.8. The van der Waals surface area contributed by atoms with Gasteiger partial charge < -0.3 is 14.9 Å². The number of piperidine rings is 1. The van der Waals surface area contributed by atoms with Crippen molar-refractivity contribution >= 4 is 12.0 Å². The molecule has 21 heavy (non-hydrogen) atoms. The van der Waals surface area contributed by atoms with Gasteiger partial charge in [0.2, 0.25) is 0 Å². The van der Waals surface area contributed by atoms with E-state index in [2.05, 4.69) is 4.90 Å². The fourth-order valence-corrected chi connectivity index (χ4v) is 4.49. The molecule has 2 heterocycles. The lowest BCUT2D eigenvalue weighted by atomic mass is 9.78. The molecule has 3 fully saturated rings. The molecule has 1 aliphatic carbocycles. The third-order valence-electron chi connectivity index (χ3n) is 5.69. The van der Waals surface area contributed by atoms with Crippen molar-refractivity contribution in [1.82, 2.24) is 9.80 Å². The van der Waals surface area contributed by atoms with Crippen molar-refractivity contribution in [3.8, 4) is 0 Å². The molecular weight excluding hydrogens is 268 g/mol. The molecule has 0 aromatic carbocycles. The Morgan fingerprint density at radius 3 is 2.48 bits per heavy atom. The summed E-state index contributed by atoms with van der Waals surface area (Å²) in [6.07, 6.45) is 7.25. The molecule has 0 bridgehead atoms. The summed E-state index contributed by atoms with van der Waals surface area (Å²) < 4.78 is 0. The molecule has 1 N–H and O–H groups in total. The minimum atomic E-state index is -0.771. The smallest absolute Gasteiger partial charge is 0.320 e. The zero-order chi connectivity index (χ0) is 15.0. The summed E-state index contributed by atoms with van der Waals surface area (Å²) in [6, 6.07) is 0.487. The number of carbonyl (C=O) groups excluding carboxylic acids is 1. The third-order valence-corrected chi connectivity index (χ3v) is 5.69. The van der Waals surface area contributed by atoms with Crippen molar-refractivity contribution in [2.45, 2.75) is 51.5 Å². The third kappa shape index (κ3) is 2.74. The number of amides is 2. The van der Waals surface area contributed by atoms with Crippen molar-refractivity contribution in [3.63, 3.8) is 0 Å². The number of likely N-dealkylation sites (tertiary alicyclic amines) is 2. The number of hydrogen-bond donors (Lipinski definition) is 1. The maximum atomic E-state index is 12.8. The Labute approximate surface area is 126 Å². The largest absolute Gasteiger partial charge is 0.481 e. The first-order valence-electron chi connectivity index (χ1n) is 8.36. The van der Waals surface area contributed by atoms with E-state index in [0.717, 1.165) is 19.4 Å². The van der Waals surface area contributed by atoms with Crippen LogP contribution in [-0.4, -0.2) is 52.6 Å². The van der Waals surface area contributed by atoms with Gasteiger partial charge in [-0.05, 0) is 37.5 Å². The first-order valence-corrected chi connectivity index (χ1v) is 8.36. The lowest BCUT2D eigenvalue weighted by Crippen LogP contribution is -2.53. The number of aliphatic carboxylic acids is 1. The highest BCUT2D eigenvalue weighted by Crippen LogP contribution is 2.36. The van der Waals surface area contributed by atoms with Gasteiger partial charge in [0.05, 0.1) is 5.92 Å². The molecule has 118 valence electrons. The van der Waals surface area contributed by atoms with E-state index in [1.807, 2.05) is 6.92 Å². The van der Waals surface area contributed by atoms with E-state index < -0.39 is 11.9 Å². The van der Waals surface area contributed by atoms with Crippen molar-refractivity contribution < 1.29 is 14.7 Å². The van der Waals surface area contributed by atoms with Crippen molar-refractivity contribution in [2.75, 3.05) is 19.6 Å². The van der Waals surface area contributed by atoms with E-state index >= 15 is 0 Å². The van der Waals surface area contributed by atoms with Crippen molar-refractivity contribution in [2.24, 2.45) is 17.8 Å².